The molecule has 0 atom stereocenters. The summed E-state index contributed by atoms with van der Waals surface area (Å²) >= 11 is 5.98. The summed E-state index contributed by atoms with van der Waals surface area (Å²) in [5, 5.41) is 8.82. The Morgan fingerprint density at radius 2 is 1.85 bits per heavy atom. The van der Waals surface area contributed by atoms with Crippen molar-refractivity contribution in [3.8, 4) is 0 Å². The van der Waals surface area contributed by atoms with Crippen molar-refractivity contribution in [3.63, 3.8) is 0 Å². The van der Waals surface area contributed by atoms with Crippen LogP contribution in [0.4, 0.5) is 5.69 Å². The summed E-state index contributed by atoms with van der Waals surface area (Å²) in [5.41, 5.74) is 9.55. The number of nitrogen functional groups attached to an aromatic ring is 1. The van der Waals surface area contributed by atoms with Crippen LogP contribution >= 0.6 is 11.6 Å². The molecule has 0 spiro atoms. The summed E-state index contributed by atoms with van der Waals surface area (Å²) in [6.45, 7) is 2.09. The van der Waals surface area contributed by atoms with Gasteiger partial charge >= 0.3 is 0 Å². The first-order valence-electron chi connectivity index (χ1n) is 6.48. The lowest BCUT2D eigenvalue weighted by molar-refractivity contribution is 0.839. The largest absolute Gasteiger partial charge is 0.394 e. The van der Waals surface area contributed by atoms with Crippen LogP contribution in [0.2, 0.25) is 5.02 Å². The zero-order valence-electron chi connectivity index (χ0n) is 11.2. The molecule has 0 aliphatic carbocycles. The summed E-state index contributed by atoms with van der Waals surface area (Å²) in [5.74, 6) is 0.893. The monoisotopic (exact) mass is 286 g/mol. The minimum Gasteiger partial charge on any atom is -0.394 e. The number of nitrogens with two attached hydrogens (primary N) is 1. The smallest absolute Gasteiger partial charge is 0.185 e. The molecule has 102 valence electrons. The fourth-order valence-electron chi connectivity index (χ4n) is 2.18. The number of hydrogen-bond acceptors (Lipinski definition) is 3. The Labute approximate surface area is 122 Å². The summed E-state index contributed by atoms with van der Waals surface area (Å²) in [6, 6.07) is 10.3. The van der Waals surface area contributed by atoms with Crippen molar-refractivity contribution in [1.82, 2.24) is 14.6 Å². The molecule has 5 heteroatoms. The maximum absolute atomic E-state index is 5.98. The third-order valence-corrected chi connectivity index (χ3v) is 3.72. The second kappa shape index (κ2) is 5.13. The van der Waals surface area contributed by atoms with E-state index in [2.05, 4.69) is 41.4 Å². The molecule has 0 bridgehead atoms. The van der Waals surface area contributed by atoms with E-state index in [9.17, 15) is 0 Å². The molecule has 1 aromatic carbocycles. The van der Waals surface area contributed by atoms with Crippen molar-refractivity contribution < 1.29 is 0 Å². The number of aromatic nitrogens is 3. The normalized spacial score (nSPS) is 11.1. The first-order chi connectivity index (χ1) is 9.65. The van der Waals surface area contributed by atoms with Gasteiger partial charge < -0.3 is 5.73 Å². The van der Waals surface area contributed by atoms with Gasteiger partial charge in [0.15, 0.2) is 5.65 Å². The summed E-state index contributed by atoms with van der Waals surface area (Å²) < 4.78 is 1.90. The quantitative estimate of drug-likeness (QED) is 0.805. The van der Waals surface area contributed by atoms with Gasteiger partial charge in [0.2, 0.25) is 0 Å². The van der Waals surface area contributed by atoms with Crippen molar-refractivity contribution in [2.24, 2.45) is 0 Å². The van der Waals surface area contributed by atoms with Crippen LogP contribution in [0.25, 0.3) is 5.65 Å². The molecule has 0 aliphatic rings. The molecule has 0 saturated carbocycles. The lowest BCUT2D eigenvalue weighted by Crippen LogP contribution is -1.99. The Hall–Kier alpha value is -2.07. The van der Waals surface area contributed by atoms with E-state index >= 15 is 0 Å². The Kier molecular flexibility index (Phi) is 3.32. The highest BCUT2D eigenvalue weighted by molar-refractivity contribution is 6.33. The van der Waals surface area contributed by atoms with Gasteiger partial charge in [-0.3, -0.25) is 4.40 Å². The van der Waals surface area contributed by atoms with E-state index in [1.165, 1.54) is 11.1 Å². The Morgan fingerprint density at radius 3 is 2.60 bits per heavy atom. The van der Waals surface area contributed by atoms with Crippen LogP contribution in [0, 0.1) is 6.92 Å². The summed E-state index contributed by atoms with van der Waals surface area (Å²) in [6.07, 6.45) is 3.59. The molecular weight excluding hydrogens is 272 g/mol. The van der Waals surface area contributed by atoms with Crippen LogP contribution in [0.3, 0.4) is 0 Å². The molecule has 0 fully saturated rings. The van der Waals surface area contributed by atoms with Crippen LogP contribution < -0.4 is 5.73 Å². The maximum atomic E-state index is 5.98. The fourth-order valence-corrected chi connectivity index (χ4v) is 2.32. The van der Waals surface area contributed by atoms with Gasteiger partial charge in [-0.05, 0) is 25.0 Å². The van der Waals surface area contributed by atoms with Crippen LogP contribution in [0.5, 0.6) is 0 Å². The van der Waals surface area contributed by atoms with Crippen molar-refractivity contribution in [2.75, 3.05) is 5.73 Å². The van der Waals surface area contributed by atoms with Gasteiger partial charge in [-0.15, -0.1) is 10.2 Å². The molecule has 0 radical (unpaired) electrons. The lowest BCUT2D eigenvalue weighted by Gasteiger charge is -2.03. The molecule has 4 nitrogen and oxygen atoms in total. The van der Waals surface area contributed by atoms with Gasteiger partial charge in [-0.2, -0.15) is 0 Å². The number of halogens is 1. The van der Waals surface area contributed by atoms with Crippen LogP contribution in [-0.4, -0.2) is 14.6 Å². The van der Waals surface area contributed by atoms with Gasteiger partial charge in [0, 0.05) is 12.6 Å². The molecule has 0 aliphatic heterocycles. The number of anilines is 1. The molecule has 20 heavy (non-hydrogen) atoms. The van der Waals surface area contributed by atoms with E-state index in [-0.39, 0.29) is 0 Å². The molecule has 3 aromatic rings. The van der Waals surface area contributed by atoms with Gasteiger partial charge in [0.1, 0.15) is 5.82 Å². The van der Waals surface area contributed by atoms with Gasteiger partial charge in [0.05, 0.1) is 10.7 Å². The predicted octanol–water partition coefficient (Wildman–Crippen LogP) is 3.06. The van der Waals surface area contributed by atoms with E-state index in [4.69, 9.17) is 17.3 Å². The minimum atomic E-state index is 0.475. The van der Waals surface area contributed by atoms with Crippen molar-refractivity contribution in [1.29, 1.82) is 0 Å². The highest BCUT2D eigenvalue weighted by atomic mass is 35.5. The van der Waals surface area contributed by atoms with Gasteiger partial charge in [-0.25, -0.2) is 0 Å². The number of hydrogen-bond donors (Lipinski definition) is 1. The SMILES string of the molecule is Cc1ccc(CCc2nnc3c(N)c(Cl)ccn23)cc1. The molecule has 0 saturated heterocycles. The van der Waals surface area contributed by atoms with Crippen LogP contribution in [0.15, 0.2) is 36.5 Å². The highest BCUT2D eigenvalue weighted by Crippen LogP contribution is 2.22. The Bertz CT molecular complexity index is 746. The Morgan fingerprint density at radius 1 is 1.10 bits per heavy atom. The van der Waals surface area contributed by atoms with E-state index < -0.39 is 0 Å². The molecule has 3 rings (SSSR count). The number of fused-ring (bicyclic) bond motifs is 1. The zero-order valence-corrected chi connectivity index (χ0v) is 11.9. The maximum Gasteiger partial charge on any atom is 0.185 e. The fraction of sp³-hybridized carbons (Fsp3) is 0.200. The Balaban J connectivity index is 1.85. The first kappa shape index (κ1) is 12.9. The van der Waals surface area contributed by atoms with Crippen molar-refractivity contribution in [2.45, 2.75) is 19.8 Å². The van der Waals surface area contributed by atoms with Gasteiger partial charge in [-0.1, -0.05) is 41.4 Å². The van der Waals surface area contributed by atoms with E-state index in [0.717, 1.165) is 18.7 Å². The van der Waals surface area contributed by atoms with Crippen LogP contribution in [0.1, 0.15) is 17.0 Å². The first-order valence-corrected chi connectivity index (χ1v) is 6.86. The standard InChI is InChI=1S/C15H15ClN4/c1-10-2-4-11(5-3-10)6-7-13-18-19-15-14(17)12(16)8-9-20(13)15/h2-5,8-9H,6-7,17H2,1H3. The second-order valence-corrected chi connectivity index (χ2v) is 5.28. The summed E-state index contributed by atoms with van der Waals surface area (Å²) in [7, 11) is 0. The third-order valence-electron chi connectivity index (χ3n) is 3.39. The lowest BCUT2D eigenvalue weighted by atomic mass is 10.1. The average Bonchev–Trinajstić information content (AvgIpc) is 2.86. The van der Waals surface area contributed by atoms with E-state index in [0.29, 0.717) is 16.4 Å². The van der Waals surface area contributed by atoms with E-state index in [1.54, 1.807) is 6.07 Å². The summed E-state index contributed by atoms with van der Waals surface area (Å²) in [4.78, 5) is 0. The molecule has 0 unspecified atom stereocenters. The minimum absolute atomic E-state index is 0.475. The number of aryl methyl sites for hydroxylation is 3. The molecule has 0 amide bonds. The number of pyridine rings is 1. The van der Waals surface area contributed by atoms with Gasteiger partial charge in [0.25, 0.3) is 0 Å². The molecule has 2 aromatic heterocycles. The second-order valence-electron chi connectivity index (χ2n) is 4.87. The zero-order chi connectivity index (χ0) is 14.1. The molecule has 2 N–H and O–H groups in total. The highest BCUT2D eigenvalue weighted by Gasteiger charge is 2.10. The number of nitrogens with zero attached hydrogens (tertiary/aromatic N) is 3. The molecular formula is C15H15ClN4. The van der Waals surface area contributed by atoms with Crippen molar-refractivity contribution >= 4 is 22.9 Å². The number of rotatable bonds is 3. The third kappa shape index (κ3) is 2.34. The topological polar surface area (TPSA) is 56.2 Å². The molecule has 2 heterocycles. The van der Waals surface area contributed by atoms with Crippen molar-refractivity contribution in [3.05, 3.63) is 58.5 Å². The predicted molar refractivity (Wildman–Crippen MR) is 81.0 cm³/mol. The number of benzene rings is 1. The average molecular weight is 287 g/mol. The van der Waals surface area contributed by atoms with E-state index in [1.807, 2.05) is 10.6 Å². The van der Waals surface area contributed by atoms with Crippen LogP contribution in [-0.2, 0) is 12.8 Å².